The maximum absolute atomic E-state index is 6.04. The Bertz CT molecular complexity index is 672. The second kappa shape index (κ2) is 8.78. The van der Waals surface area contributed by atoms with Gasteiger partial charge in [-0.25, -0.2) is 4.98 Å². The first kappa shape index (κ1) is 18.4. The summed E-state index contributed by atoms with van der Waals surface area (Å²) in [6, 6.07) is 1.98. The zero-order valence-electron chi connectivity index (χ0n) is 15.0. The number of aryl methyl sites for hydroxylation is 3. The first-order valence-corrected chi connectivity index (χ1v) is 8.59. The fraction of sp³-hybridized carbons (Fsp3) is 0.529. The molecular formula is C17H27ClN6. The molecule has 0 atom stereocenters. The summed E-state index contributed by atoms with van der Waals surface area (Å²) in [4.78, 5) is 10.7. The van der Waals surface area contributed by atoms with Gasteiger partial charge in [-0.2, -0.15) is 0 Å². The van der Waals surface area contributed by atoms with E-state index in [1.54, 1.807) is 0 Å². The van der Waals surface area contributed by atoms with Crippen LogP contribution in [0.15, 0.2) is 29.6 Å². The largest absolute Gasteiger partial charge is 0.356 e. The highest BCUT2D eigenvalue weighted by molar-refractivity contribution is 6.30. The monoisotopic (exact) mass is 350 g/mol. The predicted octanol–water partition coefficient (Wildman–Crippen LogP) is 2.67. The standard InChI is InChI=1S/C17H27ClN6/c1-14-20-8-10-24(14)9-6-5-7-21-17(19-2)23(4)13-16-11-15(18)12-22(16)3/h8,10-12H,5-7,9,13H2,1-4H3,(H,19,21). The lowest BCUT2D eigenvalue weighted by molar-refractivity contribution is 0.459. The van der Waals surface area contributed by atoms with E-state index in [4.69, 9.17) is 11.6 Å². The smallest absolute Gasteiger partial charge is 0.193 e. The molecule has 0 aliphatic carbocycles. The molecular weight excluding hydrogens is 324 g/mol. The number of unbranched alkanes of at least 4 members (excludes halogenated alkanes) is 1. The number of guanidine groups is 1. The van der Waals surface area contributed by atoms with E-state index in [1.807, 2.05) is 57.3 Å². The van der Waals surface area contributed by atoms with Crippen LogP contribution in [0.3, 0.4) is 0 Å². The predicted molar refractivity (Wildman–Crippen MR) is 99.4 cm³/mol. The van der Waals surface area contributed by atoms with Gasteiger partial charge in [-0.05, 0) is 25.8 Å². The Morgan fingerprint density at radius 1 is 1.42 bits per heavy atom. The van der Waals surface area contributed by atoms with E-state index in [0.717, 1.165) is 55.0 Å². The zero-order valence-corrected chi connectivity index (χ0v) is 15.7. The summed E-state index contributed by atoms with van der Waals surface area (Å²) in [5.41, 5.74) is 1.15. The van der Waals surface area contributed by atoms with Crippen LogP contribution < -0.4 is 5.32 Å². The summed E-state index contributed by atoms with van der Waals surface area (Å²) in [7, 11) is 5.85. The maximum Gasteiger partial charge on any atom is 0.193 e. The molecule has 7 heteroatoms. The van der Waals surface area contributed by atoms with Crippen LogP contribution in [0, 0.1) is 6.92 Å². The highest BCUT2D eigenvalue weighted by Gasteiger charge is 2.09. The molecule has 0 aromatic carbocycles. The lowest BCUT2D eigenvalue weighted by Gasteiger charge is -2.22. The molecule has 0 aliphatic rings. The Hall–Kier alpha value is -1.95. The van der Waals surface area contributed by atoms with Gasteiger partial charge in [-0.3, -0.25) is 4.99 Å². The van der Waals surface area contributed by atoms with Crippen LogP contribution in [0.25, 0.3) is 0 Å². The molecule has 2 rings (SSSR count). The summed E-state index contributed by atoms with van der Waals surface area (Å²) in [5, 5.41) is 4.18. The molecule has 0 radical (unpaired) electrons. The zero-order chi connectivity index (χ0) is 17.5. The summed E-state index contributed by atoms with van der Waals surface area (Å²) >= 11 is 6.04. The molecule has 2 aromatic heterocycles. The average Bonchev–Trinajstić information content (AvgIpc) is 3.08. The third kappa shape index (κ3) is 5.03. The van der Waals surface area contributed by atoms with Gasteiger partial charge in [-0.1, -0.05) is 11.6 Å². The number of hydrogen-bond acceptors (Lipinski definition) is 2. The van der Waals surface area contributed by atoms with Gasteiger partial charge >= 0.3 is 0 Å². The Labute approximate surface area is 149 Å². The highest BCUT2D eigenvalue weighted by atomic mass is 35.5. The van der Waals surface area contributed by atoms with Crippen LogP contribution in [0.4, 0.5) is 0 Å². The SMILES string of the molecule is CN=C(NCCCCn1ccnc1C)N(C)Cc1cc(Cl)cn1C. The molecule has 0 aliphatic heterocycles. The van der Waals surface area contributed by atoms with Crippen molar-refractivity contribution in [2.24, 2.45) is 12.0 Å². The summed E-state index contributed by atoms with van der Waals surface area (Å²) in [5.74, 6) is 1.96. The van der Waals surface area contributed by atoms with Gasteiger partial charge in [-0.15, -0.1) is 0 Å². The van der Waals surface area contributed by atoms with Gasteiger partial charge in [0.2, 0.25) is 0 Å². The molecule has 0 saturated heterocycles. The van der Waals surface area contributed by atoms with Gasteiger partial charge in [0, 0.05) is 58.5 Å². The van der Waals surface area contributed by atoms with Crippen LogP contribution in [-0.2, 0) is 20.1 Å². The second-order valence-corrected chi connectivity index (χ2v) is 6.40. The minimum Gasteiger partial charge on any atom is -0.356 e. The molecule has 132 valence electrons. The summed E-state index contributed by atoms with van der Waals surface area (Å²) < 4.78 is 4.22. The number of nitrogens with one attached hydrogen (secondary N) is 1. The van der Waals surface area contributed by atoms with Gasteiger partial charge in [0.05, 0.1) is 11.6 Å². The molecule has 0 fully saturated rings. The quantitative estimate of drug-likeness (QED) is 0.474. The molecule has 0 bridgehead atoms. The molecule has 24 heavy (non-hydrogen) atoms. The fourth-order valence-electron chi connectivity index (χ4n) is 2.67. The van der Waals surface area contributed by atoms with Crippen molar-refractivity contribution in [2.45, 2.75) is 32.9 Å². The van der Waals surface area contributed by atoms with Crippen molar-refractivity contribution in [2.75, 3.05) is 20.6 Å². The number of rotatable bonds is 7. The number of imidazole rings is 1. The van der Waals surface area contributed by atoms with Crippen LogP contribution in [0.1, 0.15) is 24.4 Å². The normalized spacial score (nSPS) is 11.8. The molecule has 6 nitrogen and oxygen atoms in total. The second-order valence-electron chi connectivity index (χ2n) is 5.97. The van der Waals surface area contributed by atoms with Gasteiger partial charge in [0.25, 0.3) is 0 Å². The van der Waals surface area contributed by atoms with E-state index in [0.29, 0.717) is 0 Å². The van der Waals surface area contributed by atoms with Crippen LogP contribution in [-0.4, -0.2) is 45.6 Å². The van der Waals surface area contributed by atoms with Crippen LogP contribution in [0.5, 0.6) is 0 Å². The Balaban J connectivity index is 1.73. The molecule has 2 heterocycles. The van der Waals surface area contributed by atoms with E-state index in [9.17, 15) is 0 Å². The summed E-state index contributed by atoms with van der Waals surface area (Å²) in [6.07, 6.45) is 7.98. The highest BCUT2D eigenvalue weighted by Crippen LogP contribution is 2.14. The lowest BCUT2D eigenvalue weighted by Crippen LogP contribution is -2.39. The van der Waals surface area contributed by atoms with Crippen molar-refractivity contribution in [1.82, 2.24) is 24.3 Å². The van der Waals surface area contributed by atoms with E-state index in [-0.39, 0.29) is 0 Å². The number of nitrogens with zero attached hydrogens (tertiary/aromatic N) is 5. The maximum atomic E-state index is 6.04. The first-order chi connectivity index (χ1) is 11.5. The Morgan fingerprint density at radius 3 is 2.79 bits per heavy atom. The van der Waals surface area contributed by atoms with Crippen LogP contribution >= 0.6 is 11.6 Å². The fourth-order valence-corrected chi connectivity index (χ4v) is 2.95. The Morgan fingerprint density at radius 2 is 2.21 bits per heavy atom. The van der Waals surface area contributed by atoms with E-state index < -0.39 is 0 Å². The van der Waals surface area contributed by atoms with Crippen molar-refractivity contribution in [3.63, 3.8) is 0 Å². The molecule has 0 unspecified atom stereocenters. The number of halogens is 1. The molecule has 1 N–H and O–H groups in total. The van der Waals surface area contributed by atoms with Crippen molar-refractivity contribution in [3.05, 3.63) is 41.2 Å². The number of aliphatic imine (C=N–C) groups is 1. The minimum absolute atomic E-state index is 0.761. The van der Waals surface area contributed by atoms with Crippen molar-refractivity contribution >= 4 is 17.6 Å². The number of hydrogen-bond donors (Lipinski definition) is 1. The van der Waals surface area contributed by atoms with E-state index >= 15 is 0 Å². The average molecular weight is 351 g/mol. The van der Waals surface area contributed by atoms with Gasteiger partial charge in [0.1, 0.15) is 5.82 Å². The van der Waals surface area contributed by atoms with Crippen LogP contribution in [0.2, 0.25) is 5.02 Å². The lowest BCUT2D eigenvalue weighted by atomic mass is 10.3. The van der Waals surface area contributed by atoms with E-state index in [2.05, 4.69) is 24.8 Å². The van der Waals surface area contributed by atoms with Gasteiger partial charge < -0.3 is 19.4 Å². The molecule has 2 aromatic rings. The van der Waals surface area contributed by atoms with Gasteiger partial charge in [0.15, 0.2) is 5.96 Å². The van der Waals surface area contributed by atoms with E-state index in [1.165, 1.54) is 0 Å². The topological polar surface area (TPSA) is 50.4 Å². The minimum atomic E-state index is 0.761. The molecule has 0 amide bonds. The summed E-state index contributed by atoms with van der Waals surface area (Å²) in [6.45, 7) is 4.70. The number of aromatic nitrogens is 3. The first-order valence-electron chi connectivity index (χ1n) is 8.21. The molecule has 0 spiro atoms. The Kier molecular flexibility index (Phi) is 6.73. The third-order valence-corrected chi connectivity index (χ3v) is 4.29. The van der Waals surface area contributed by atoms with Crippen molar-refractivity contribution < 1.29 is 0 Å². The molecule has 0 saturated carbocycles. The van der Waals surface area contributed by atoms with Crippen molar-refractivity contribution in [3.8, 4) is 0 Å². The third-order valence-electron chi connectivity index (χ3n) is 4.08. The van der Waals surface area contributed by atoms with Crippen molar-refractivity contribution in [1.29, 1.82) is 0 Å².